The predicted molar refractivity (Wildman–Crippen MR) is 112 cm³/mol. The van der Waals surface area contributed by atoms with Crippen LogP contribution in [0.5, 0.6) is 5.75 Å². The van der Waals surface area contributed by atoms with Crippen molar-refractivity contribution in [3.05, 3.63) is 74.0 Å². The highest BCUT2D eigenvalue weighted by Crippen LogP contribution is 2.41. The Bertz CT molecular complexity index is 1090. The van der Waals surface area contributed by atoms with Crippen LogP contribution in [0.2, 0.25) is 5.02 Å². The lowest BCUT2D eigenvalue weighted by Gasteiger charge is -2.29. The van der Waals surface area contributed by atoms with E-state index >= 15 is 0 Å². The van der Waals surface area contributed by atoms with Crippen LogP contribution in [0.1, 0.15) is 35.6 Å². The normalized spacial score (nSPS) is 20.6. The first-order valence-electron chi connectivity index (χ1n) is 9.78. The minimum Gasteiger partial charge on any atom is -0.465 e. The lowest BCUT2D eigenvalue weighted by Crippen LogP contribution is -2.36. The van der Waals surface area contributed by atoms with Crippen LogP contribution >= 0.6 is 11.6 Å². The van der Waals surface area contributed by atoms with Gasteiger partial charge in [-0.2, -0.15) is 0 Å². The standard InChI is InChI=1S/C22H23ClN2O5/c1-12-9-16-18(21(26)25(12)11-15-7-4-8-29-15)17(13-5-3-6-14(23)10-13)19(20(24)30-16)22(27)28-2/h3,5-6,9-10,15,17H,4,7-8,11,24H2,1-2H3/t15-,17-/m1/s1. The predicted octanol–water partition coefficient (Wildman–Crippen LogP) is 2.86. The van der Waals surface area contributed by atoms with E-state index in [0.29, 0.717) is 35.1 Å². The molecule has 158 valence electrons. The molecule has 2 aliphatic heterocycles. The van der Waals surface area contributed by atoms with Crippen molar-refractivity contribution in [2.45, 2.75) is 38.3 Å². The molecule has 8 heteroatoms. The zero-order valence-electron chi connectivity index (χ0n) is 16.8. The van der Waals surface area contributed by atoms with Crippen LogP contribution in [0, 0.1) is 6.92 Å². The van der Waals surface area contributed by atoms with Crippen LogP contribution in [0.15, 0.2) is 46.6 Å². The first kappa shape index (κ1) is 20.5. The Morgan fingerprint density at radius 2 is 2.17 bits per heavy atom. The van der Waals surface area contributed by atoms with Crippen molar-refractivity contribution < 1.29 is 19.0 Å². The second-order valence-electron chi connectivity index (χ2n) is 7.47. The molecule has 2 aliphatic rings. The van der Waals surface area contributed by atoms with Gasteiger partial charge in [0.25, 0.3) is 5.56 Å². The van der Waals surface area contributed by atoms with Crippen LogP contribution in [0.3, 0.4) is 0 Å². The summed E-state index contributed by atoms with van der Waals surface area (Å²) >= 11 is 6.20. The van der Waals surface area contributed by atoms with Gasteiger partial charge in [-0.05, 0) is 37.5 Å². The summed E-state index contributed by atoms with van der Waals surface area (Å²) in [5, 5.41) is 0.482. The fraction of sp³-hybridized carbons (Fsp3) is 0.364. The number of nitrogens with zero attached hydrogens (tertiary/aromatic N) is 1. The maximum Gasteiger partial charge on any atom is 0.340 e. The highest BCUT2D eigenvalue weighted by Gasteiger charge is 2.38. The largest absolute Gasteiger partial charge is 0.465 e. The van der Waals surface area contributed by atoms with E-state index in [0.717, 1.165) is 18.5 Å². The molecule has 1 aromatic carbocycles. The van der Waals surface area contributed by atoms with Crippen molar-refractivity contribution in [1.29, 1.82) is 0 Å². The van der Waals surface area contributed by atoms with E-state index in [9.17, 15) is 9.59 Å². The number of carbonyl (C=O) groups is 1. The number of aromatic nitrogens is 1. The van der Waals surface area contributed by atoms with Gasteiger partial charge in [0.2, 0.25) is 5.88 Å². The number of nitrogens with two attached hydrogens (primary N) is 1. The number of pyridine rings is 1. The Morgan fingerprint density at radius 1 is 1.37 bits per heavy atom. The quantitative estimate of drug-likeness (QED) is 0.750. The third kappa shape index (κ3) is 3.59. The molecule has 1 fully saturated rings. The maximum atomic E-state index is 13.6. The van der Waals surface area contributed by atoms with Crippen molar-refractivity contribution in [2.75, 3.05) is 13.7 Å². The lowest BCUT2D eigenvalue weighted by molar-refractivity contribution is -0.136. The number of methoxy groups -OCH3 is 1. The van der Waals surface area contributed by atoms with Gasteiger partial charge in [0.05, 0.1) is 31.2 Å². The van der Waals surface area contributed by atoms with Gasteiger partial charge in [-0.15, -0.1) is 0 Å². The van der Waals surface area contributed by atoms with Crippen LogP contribution in [0.4, 0.5) is 0 Å². The summed E-state index contributed by atoms with van der Waals surface area (Å²) in [6, 6.07) is 8.76. The van der Waals surface area contributed by atoms with Crippen LogP contribution in [-0.2, 0) is 20.8 Å². The number of hydrogen-bond donors (Lipinski definition) is 1. The van der Waals surface area contributed by atoms with E-state index in [4.69, 9.17) is 31.5 Å². The van der Waals surface area contributed by atoms with Gasteiger partial charge in [0.1, 0.15) is 11.3 Å². The van der Waals surface area contributed by atoms with Crippen LogP contribution in [-0.4, -0.2) is 30.4 Å². The molecule has 1 saturated heterocycles. The Hall–Kier alpha value is -2.77. The Labute approximate surface area is 179 Å². The van der Waals surface area contributed by atoms with E-state index in [-0.39, 0.29) is 23.1 Å². The van der Waals surface area contributed by atoms with Crippen LogP contribution in [0.25, 0.3) is 0 Å². The van der Waals surface area contributed by atoms with Gasteiger partial charge in [0.15, 0.2) is 0 Å². The van der Waals surface area contributed by atoms with E-state index < -0.39 is 11.9 Å². The van der Waals surface area contributed by atoms with Gasteiger partial charge in [0, 0.05) is 23.4 Å². The number of hydrogen-bond acceptors (Lipinski definition) is 6. The van der Waals surface area contributed by atoms with Gasteiger partial charge >= 0.3 is 5.97 Å². The molecule has 0 unspecified atom stereocenters. The number of rotatable bonds is 4. The number of carbonyl (C=O) groups excluding carboxylic acids is 1. The third-order valence-corrected chi connectivity index (χ3v) is 5.80. The number of halogens is 1. The number of fused-ring (bicyclic) bond motifs is 1. The highest BCUT2D eigenvalue weighted by molar-refractivity contribution is 6.30. The maximum absolute atomic E-state index is 13.6. The molecule has 0 bridgehead atoms. The molecule has 1 aromatic heterocycles. The molecule has 2 N–H and O–H groups in total. The summed E-state index contributed by atoms with van der Waals surface area (Å²) in [6.45, 7) is 2.97. The minimum atomic E-state index is -0.760. The molecular formula is C22H23ClN2O5. The first-order chi connectivity index (χ1) is 14.4. The summed E-state index contributed by atoms with van der Waals surface area (Å²) in [5.41, 5.74) is 7.64. The molecular weight excluding hydrogens is 408 g/mol. The van der Waals surface area contributed by atoms with E-state index in [1.807, 2.05) is 6.92 Å². The Morgan fingerprint density at radius 3 is 2.83 bits per heavy atom. The van der Waals surface area contributed by atoms with E-state index in [1.54, 1.807) is 34.9 Å². The molecule has 0 amide bonds. The SMILES string of the molecule is COC(=O)C1=C(N)Oc2cc(C)n(C[C@H]3CCCO3)c(=O)c2[C@H]1c1cccc(Cl)c1. The number of esters is 1. The van der Waals surface area contributed by atoms with Crippen molar-refractivity contribution in [1.82, 2.24) is 4.57 Å². The second-order valence-corrected chi connectivity index (χ2v) is 7.91. The van der Waals surface area contributed by atoms with Crippen molar-refractivity contribution >= 4 is 17.6 Å². The van der Waals surface area contributed by atoms with Crippen LogP contribution < -0.4 is 16.0 Å². The minimum absolute atomic E-state index is 0.0192. The fourth-order valence-electron chi connectivity index (χ4n) is 4.13. The molecule has 0 aliphatic carbocycles. The molecule has 30 heavy (non-hydrogen) atoms. The topological polar surface area (TPSA) is 92.8 Å². The van der Waals surface area contributed by atoms with Crippen molar-refractivity contribution in [2.24, 2.45) is 5.73 Å². The molecule has 3 heterocycles. The van der Waals surface area contributed by atoms with Crippen molar-refractivity contribution in [3.8, 4) is 5.75 Å². The summed E-state index contributed by atoms with van der Waals surface area (Å²) in [6.07, 6.45) is 1.86. The first-order valence-corrected chi connectivity index (χ1v) is 10.2. The summed E-state index contributed by atoms with van der Waals surface area (Å²) in [4.78, 5) is 26.2. The number of ether oxygens (including phenoxy) is 3. The van der Waals surface area contributed by atoms with Gasteiger partial charge in [-0.3, -0.25) is 4.79 Å². The molecule has 2 atom stereocenters. The van der Waals surface area contributed by atoms with E-state index in [2.05, 4.69) is 0 Å². The van der Waals surface area contributed by atoms with Gasteiger partial charge in [-0.1, -0.05) is 23.7 Å². The van der Waals surface area contributed by atoms with Gasteiger partial charge in [-0.25, -0.2) is 4.79 Å². The monoisotopic (exact) mass is 430 g/mol. The fourth-order valence-corrected chi connectivity index (χ4v) is 4.33. The average Bonchev–Trinajstić information content (AvgIpc) is 3.23. The third-order valence-electron chi connectivity index (χ3n) is 5.57. The molecule has 7 nitrogen and oxygen atoms in total. The molecule has 4 rings (SSSR count). The zero-order chi connectivity index (χ0) is 21.4. The highest BCUT2D eigenvalue weighted by atomic mass is 35.5. The summed E-state index contributed by atoms with van der Waals surface area (Å²) < 4.78 is 18.0. The molecule has 2 aromatic rings. The second kappa shape index (κ2) is 8.16. The zero-order valence-corrected chi connectivity index (χ0v) is 17.6. The molecule has 0 radical (unpaired) electrons. The Kier molecular flexibility index (Phi) is 5.58. The molecule has 0 saturated carbocycles. The lowest BCUT2D eigenvalue weighted by atomic mass is 9.83. The van der Waals surface area contributed by atoms with E-state index in [1.165, 1.54) is 7.11 Å². The summed E-state index contributed by atoms with van der Waals surface area (Å²) in [7, 11) is 1.26. The number of benzene rings is 1. The molecule has 0 spiro atoms. The smallest absolute Gasteiger partial charge is 0.340 e. The Balaban J connectivity index is 1.92. The summed E-state index contributed by atoms with van der Waals surface area (Å²) in [5.74, 6) is -1.18. The van der Waals surface area contributed by atoms with Gasteiger partial charge < -0.3 is 24.5 Å². The average molecular weight is 431 g/mol. The van der Waals surface area contributed by atoms with Crippen molar-refractivity contribution in [3.63, 3.8) is 0 Å². The number of aryl methyl sites for hydroxylation is 1.